The molecule has 1 aliphatic heterocycles. The van der Waals surface area contributed by atoms with Crippen molar-refractivity contribution in [2.45, 2.75) is 12.3 Å². The highest BCUT2D eigenvalue weighted by Gasteiger charge is 2.34. The summed E-state index contributed by atoms with van der Waals surface area (Å²) in [7, 11) is 0. The van der Waals surface area contributed by atoms with Gasteiger partial charge in [0.15, 0.2) is 0 Å². The molecule has 3 heterocycles. The lowest BCUT2D eigenvalue weighted by molar-refractivity contribution is -0.135. The first-order chi connectivity index (χ1) is 17.9. The van der Waals surface area contributed by atoms with Gasteiger partial charge in [-0.2, -0.15) is 0 Å². The number of fused-ring (bicyclic) bond motifs is 3. The van der Waals surface area contributed by atoms with Crippen molar-refractivity contribution in [3.63, 3.8) is 0 Å². The first-order valence-electron chi connectivity index (χ1n) is 11.4. The molecule has 0 radical (unpaired) electrons. The third kappa shape index (κ3) is 3.88. The Bertz CT molecular complexity index is 1740. The van der Waals surface area contributed by atoms with Gasteiger partial charge in [0.1, 0.15) is 34.9 Å². The summed E-state index contributed by atoms with van der Waals surface area (Å²) in [4.78, 5) is 36.9. The van der Waals surface area contributed by atoms with Crippen molar-refractivity contribution in [3.8, 4) is 28.2 Å². The molecule has 182 valence electrons. The van der Waals surface area contributed by atoms with Crippen molar-refractivity contribution in [2.24, 2.45) is 0 Å². The van der Waals surface area contributed by atoms with Gasteiger partial charge in [-0.05, 0) is 54.1 Å². The van der Waals surface area contributed by atoms with Crippen LogP contribution in [0.3, 0.4) is 0 Å². The molecule has 1 aliphatic rings. The third-order valence-corrected chi connectivity index (χ3v) is 6.42. The van der Waals surface area contributed by atoms with Crippen molar-refractivity contribution < 1.29 is 32.7 Å². The van der Waals surface area contributed by atoms with E-state index in [2.05, 4.69) is 0 Å². The summed E-state index contributed by atoms with van der Waals surface area (Å²) in [5.41, 5.74) is 2.11. The number of carboxylic acid groups (broad SMARTS) is 1. The van der Waals surface area contributed by atoms with Crippen LogP contribution < -0.4 is 10.2 Å². The van der Waals surface area contributed by atoms with Crippen LogP contribution in [0.25, 0.3) is 33.4 Å². The number of furan rings is 1. The Labute approximate surface area is 208 Å². The van der Waals surface area contributed by atoms with Gasteiger partial charge in [0.05, 0.1) is 28.9 Å². The van der Waals surface area contributed by atoms with Crippen molar-refractivity contribution in [2.75, 3.05) is 0 Å². The van der Waals surface area contributed by atoms with E-state index in [1.54, 1.807) is 36.4 Å². The van der Waals surface area contributed by atoms with E-state index in [1.165, 1.54) is 42.7 Å². The molecule has 0 saturated heterocycles. The lowest BCUT2D eigenvalue weighted by Gasteiger charge is -2.23. The Morgan fingerprint density at radius 2 is 1.62 bits per heavy atom. The highest BCUT2D eigenvalue weighted by atomic mass is 19.1. The number of hydrogen-bond acceptors (Lipinski definition) is 6. The van der Waals surface area contributed by atoms with Gasteiger partial charge in [-0.15, -0.1) is 0 Å². The third-order valence-electron chi connectivity index (χ3n) is 6.42. The molecule has 2 aromatic heterocycles. The predicted octanol–water partition coefficient (Wildman–Crippen LogP) is 6.00. The summed E-state index contributed by atoms with van der Waals surface area (Å²) in [5.74, 6) is -1.24. The van der Waals surface area contributed by atoms with E-state index in [0.717, 1.165) is 0 Å². The van der Waals surface area contributed by atoms with Gasteiger partial charge >= 0.3 is 11.9 Å². The van der Waals surface area contributed by atoms with Gasteiger partial charge in [-0.25, -0.2) is 9.18 Å². The fourth-order valence-corrected chi connectivity index (χ4v) is 4.60. The van der Waals surface area contributed by atoms with E-state index in [9.17, 15) is 18.8 Å². The Morgan fingerprint density at radius 1 is 0.892 bits per heavy atom. The maximum absolute atomic E-state index is 13.4. The Kier molecular flexibility index (Phi) is 5.22. The first kappa shape index (κ1) is 22.5. The van der Waals surface area contributed by atoms with Crippen LogP contribution in [0, 0.1) is 5.82 Å². The molecular formula is C29H17FO7. The van der Waals surface area contributed by atoms with Crippen LogP contribution in [0.4, 0.5) is 4.39 Å². The molecule has 0 saturated carbocycles. The van der Waals surface area contributed by atoms with Gasteiger partial charge in [0, 0.05) is 11.1 Å². The van der Waals surface area contributed by atoms with Crippen LogP contribution in [-0.4, -0.2) is 17.0 Å². The van der Waals surface area contributed by atoms with Crippen LogP contribution in [0.15, 0.2) is 92.7 Å². The van der Waals surface area contributed by atoms with Gasteiger partial charge in [-0.1, -0.05) is 24.3 Å². The van der Waals surface area contributed by atoms with Gasteiger partial charge in [0.2, 0.25) is 5.43 Å². The molecule has 0 spiro atoms. The van der Waals surface area contributed by atoms with Gasteiger partial charge < -0.3 is 18.7 Å². The molecular weight excluding hydrogens is 479 g/mol. The molecule has 0 amide bonds. The zero-order valence-corrected chi connectivity index (χ0v) is 19.1. The maximum Gasteiger partial charge on any atom is 0.335 e. The first-order valence-corrected chi connectivity index (χ1v) is 11.4. The number of aromatic carboxylic acids is 1. The van der Waals surface area contributed by atoms with Crippen LogP contribution in [0.2, 0.25) is 0 Å². The Balaban J connectivity index is 1.45. The molecule has 3 aromatic carbocycles. The summed E-state index contributed by atoms with van der Waals surface area (Å²) in [6.07, 6.45) is 1.30. The zero-order valence-electron chi connectivity index (χ0n) is 19.1. The maximum atomic E-state index is 13.4. The highest BCUT2D eigenvalue weighted by Crippen LogP contribution is 2.44. The number of halogens is 1. The van der Waals surface area contributed by atoms with E-state index in [1.807, 2.05) is 0 Å². The fraction of sp³-hybridized carbons (Fsp3) is 0.0690. The average molecular weight is 496 g/mol. The number of carboxylic acids is 1. The number of rotatable bonds is 4. The minimum atomic E-state index is -1.03. The molecule has 0 aliphatic carbocycles. The van der Waals surface area contributed by atoms with Crippen molar-refractivity contribution in [1.82, 2.24) is 0 Å². The molecule has 5 aromatic rings. The van der Waals surface area contributed by atoms with E-state index >= 15 is 0 Å². The Hall–Kier alpha value is -4.98. The fourth-order valence-electron chi connectivity index (χ4n) is 4.60. The molecule has 1 unspecified atom stereocenters. The summed E-state index contributed by atoms with van der Waals surface area (Å²) < 4.78 is 30.8. The smallest absolute Gasteiger partial charge is 0.335 e. The lowest BCUT2D eigenvalue weighted by atomic mass is 9.88. The van der Waals surface area contributed by atoms with Crippen LogP contribution in [0.1, 0.15) is 34.0 Å². The monoisotopic (exact) mass is 496 g/mol. The van der Waals surface area contributed by atoms with Crippen LogP contribution >= 0.6 is 0 Å². The molecule has 1 atom stereocenters. The number of benzene rings is 3. The van der Waals surface area contributed by atoms with Crippen molar-refractivity contribution >= 4 is 22.9 Å². The number of hydrogen-bond donors (Lipinski definition) is 1. The minimum Gasteiger partial charge on any atom is -0.478 e. The van der Waals surface area contributed by atoms with Crippen LogP contribution in [-0.2, 0) is 4.79 Å². The number of carbonyl (C=O) groups is 2. The number of esters is 1. The van der Waals surface area contributed by atoms with E-state index in [4.69, 9.17) is 18.7 Å². The zero-order chi connectivity index (χ0) is 25.7. The lowest BCUT2D eigenvalue weighted by Crippen LogP contribution is -2.21. The minimum absolute atomic E-state index is 0.0273. The average Bonchev–Trinajstić information content (AvgIpc) is 3.39. The topological polar surface area (TPSA) is 107 Å². The SMILES string of the molecule is O=C1CC(c2ccc(-c3ccc(C(=O)O)cc3)o2)c2c(ccc3c(=O)c(-c4ccc(F)cc4)coc23)O1. The molecule has 8 heteroatoms. The summed E-state index contributed by atoms with van der Waals surface area (Å²) >= 11 is 0. The summed E-state index contributed by atoms with van der Waals surface area (Å²) in [6.45, 7) is 0. The number of ether oxygens (including phenoxy) is 1. The summed E-state index contributed by atoms with van der Waals surface area (Å²) in [5, 5.41) is 9.42. The normalized spacial score (nSPS) is 14.8. The molecule has 1 N–H and O–H groups in total. The summed E-state index contributed by atoms with van der Waals surface area (Å²) in [6, 6.07) is 18.4. The number of carbonyl (C=O) groups excluding carboxylic acids is 1. The van der Waals surface area contributed by atoms with Crippen molar-refractivity contribution in [3.05, 3.63) is 112 Å². The van der Waals surface area contributed by atoms with E-state index < -0.39 is 23.7 Å². The molecule has 0 fully saturated rings. The Morgan fingerprint density at radius 3 is 2.35 bits per heavy atom. The molecule has 37 heavy (non-hydrogen) atoms. The largest absolute Gasteiger partial charge is 0.478 e. The molecule has 6 rings (SSSR count). The molecule has 0 bridgehead atoms. The quantitative estimate of drug-likeness (QED) is 0.240. The molecule has 7 nitrogen and oxygen atoms in total. The van der Waals surface area contributed by atoms with Crippen LogP contribution in [0.5, 0.6) is 5.75 Å². The predicted molar refractivity (Wildman–Crippen MR) is 131 cm³/mol. The second-order valence-corrected chi connectivity index (χ2v) is 8.65. The highest BCUT2D eigenvalue weighted by molar-refractivity contribution is 5.90. The van der Waals surface area contributed by atoms with Crippen molar-refractivity contribution in [1.29, 1.82) is 0 Å². The van der Waals surface area contributed by atoms with Gasteiger partial charge in [0.25, 0.3) is 0 Å². The second kappa shape index (κ2) is 8.60. The van der Waals surface area contributed by atoms with E-state index in [0.29, 0.717) is 33.6 Å². The van der Waals surface area contributed by atoms with Gasteiger partial charge in [-0.3, -0.25) is 9.59 Å². The second-order valence-electron chi connectivity index (χ2n) is 8.65. The van der Waals surface area contributed by atoms with E-state index in [-0.39, 0.29) is 34.3 Å². The standard InChI is InChI=1S/C29H17FO7/c30-18-7-5-15(6-8-18)21-14-35-28-19(27(21)32)9-10-24-26(28)20(13-25(31)37-24)23-12-11-22(36-23)16-1-3-17(4-2-16)29(33)34/h1-12,14,20H,13H2,(H,33,34).